The molecule has 17 heavy (non-hydrogen) atoms. The zero-order valence-corrected chi connectivity index (χ0v) is 10.1. The molecule has 7 nitrogen and oxygen atoms in total. The minimum atomic E-state index is -3.44. The lowest BCUT2D eigenvalue weighted by molar-refractivity contribution is 0.314. The quantitative estimate of drug-likeness (QED) is 0.511. The van der Waals surface area contributed by atoms with Crippen LogP contribution in [0.5, 0.6) is 0 Å². The molecule has 1 saturated heterocycles. The highest BCUT2D eigenvalue weighted by Gasteiger charge is 2.30. The van der Waals surface area contributed by atoms with E-state index in [0.717, 1.165) is 0 Å². The molecule has 0 aromatic carbocycles. The predicted octanol–water partition coefficient (Wildman–Crippen LogP) is -0.254. The molecular formula is C9H15N5O2S. The van der Waals surface area contributed by atoms with E-state index in [9.17, 15) is 8.42 Å². The fourth-order valence-electron chi connectivity index (χ4n) is 1.94. The Bertz CT molecular complexity index is 487. The van der Waals surface area contributed by atoms with Crippen molar-refractivity contribution >= 4 is 15.9 Å². The lowest BCUT2D eigenvalue weighted by atomic mass is 9.97. The molecule has 94 valence electrons. The molecule has 1 aromatic rings. The van der Waals surface area contributed by atoms with Crippen molar-refractivity contribution in [1.82, 2.24) is 14.5 Å². The van der Waals surface area contributed by atoms with Crippen LogP contribution in [0.25, 0.3) is 0 Å². The van der Waals surface area contributed by atoms with E-state index in [2.05, 4.69) is 10.2 Å². The van der Waals surface area contributed by atoms with Gasteiger partial charge in [-0.2, -0.15) is 9.40 Å². The summed E-state index contributed by atoms with van der Waals surface area (Å²) in [6, 6.07) is 0. The number of nitrogens with one attached hydrogen (secondary N) is 2. The molecule has 0 atom stereocenters. The van der Waals surface area contributed by atoms with Crippen LogP contribution >= 0.6 is 0 Å². The first-order valence-corrected chi connectivity index (χ1v) is 6.78. The van der Waals surface area contributed by atoms with Crippen LogP contribution in [0.2, 0.25) is 0 Å². The van der Waals surface area contributed by atoms with E-state index < -0.39 is 10.0 Å². The number of nitrogens with zero attached hydrogens (tertiary/aromatic N) is 2. The van der Waals surface area contributed by atoms with Crippen LogP contribution in [-0.2, 0) is 10.0 Å². The standard InChI is InChI=1S/C9H15N5O2S/c10-9(11)7-1-3-14(4-2-7)17(15,16)8-5-12-13-6-8/h5-7H,1-4H2,(H3,10,11)(H,12,13). The van der Waals surface area contributed by atoms with E-state index in [1.807, 2.05) is 0 Å². The smallest absolute Gasteiger partial charge is 0.246 e. The molecule has 2 rings (SSSR count). The molecule has 0 spiro atoms. The maximum absolute atomic E-state index is 12.1. The average Bonchev–Trinajstić information content (AvgIpc) is 2.83. The van der Waals surface area contributed by atoms with Crippen LogP contribution in [0.4, 0.5) is 0 Å². The van der Waals surface area contributed by atoms with Crippen molar-refractivity contribution in [3.63, 3.8) is 0 Å². The van der Waals surface area contributed by atoms with Crippen LogP contribution in [0.3, 0.4) is 0 Å². The van der Waals surface area contributed by atoms with Crippen LogP contribution in [-0.4, -0.2) is 41.8 Å². The van der Waals surface area contributed by atoms with E-state index in [-0.39, 0.29) is 16.6 Å². The van der Waals surface area contributed by atoms with Gasteiger partial charge in [-0.05, 0) is 12.8 Å². The van der Waals surface area contributed by atoms with Gasteiger partial charge in [0.15, 0.2) is 0 Å². The third-order valence-corrected chi connectivity index (χ3v) is 4.87. The number of sulfonamides is 1. The zero-order chi connectivity index (χ0) is 12.5. The normalized spacial score (nSPS) is 19.3. The van der Waals surface area contributed by atoms with Crippen molar-refractivity contribution in [2.24, 2.45) is 11.7 Å². The third-order valence-electron chi connectivity index (χ3n) is 3.00. The molecule has 2 heterocycles. The first kappa shape index (κ1) is 12.1. The van der Waals surface area contributed by atoms with Crippen molar-refractivity contribution in [1.29, 1.82) is 5.41 Å². The summed E-state index contributed by atoms with van der Waals surface area (Å²) in [6.45, 7) is 0.801. The second-order valence-corrected chi connectivity index (χ2v) is 6.01. The maximum Gasteiger partial charge on any atom is 0.246 e. The van der Waals surface area contributed by atoms with Gasteiger partial charge >= 0.3 is 0 Å². The molecule has 4 N–H and O–H groups in total. The Hall–Kier alpha value is -1.41. The molecule has 0 radical (unpaired) electrons. The number of rotatable bonds is 3. The molecule has 8 heteroatoms. The van der Waals surface area contributed by atoms with E-state index in [1.54, 1.807) is 0 Å². The Kier molecular flexibility index (Phi) is 3.16. The van der Waals surface area contributed by atoms with Gasteiger partial charge in [-0.1, -0.05) is 0 Å². The van der Waals surface area contributed by atoms with Gasteiger partial charge in [-0.25, -0.2) is 8.42 Å². The Labute approximate surface area is 99.6 Å². The second kappa shape index (κ2) is 4.46. The van der Waals surface area contributed by atoms with Crippen LogP contribution in [0, 0.1) is 11.3 Å². The van der Waals surface area contributed by atoms with Crippen molar-refractivity contribution < 1.29 is 8.42 Å². The van der Waals surface area contributed by atoms with Crippen LogP contribution in [0.1, 0.15) is 12.8 Å². The van der Waals surface area contributed by atoms with E-state index in [0.29, 0.717) is 25.9 Å². The van der Waals surface area contributed by atoms with Crippen molar-refractivity contribution in [3.05, 3.63) is 12.4 Å². The number of aromatic amines is 1. The van der Waals surface area contributed by atoms with Gasteiger partial charge in [0.2, 0.25) is 10.0 Å². The minimum absolute atomic E-state index is 0.00537. The molecular weight excluding hydrogens is 242 g/mol. The average molecular weight is 257 g/mol. The lowest BCUT2D eigenvalue weighted by Crippen LogP contribution is -2.41. The van der Waals surface area contributed by atoms with E-state index in [4.69, 9.17) is 11.1 Å². The summed E-state index contributed by atoms with van der Waals surface area (Å²) in [6.07, 6.45) is 3.87. The molecule has 0 aliphatic carbocycles. The fourth-order valence-corrected chi connectivity index (χ4v) is 3.31. The first-order valence-electron chi connectivity index (χ1n) is 5.34. The highest BCUT2D eigenvalue weighted by Crippen LogP contribution is 2.22. The van der Waals surface area contributed by atoms with Gasteiger partial charge in [0.05, 0.1) is 12.0 Å². The van der Waals surface area contributed by atoms with Crippen molar-refractivity contribution in [3.8, 4) is 0 Å². The predicted molar refractivity (Wildman–Crippen MR) is 62.0 cm³/mol. The summed E-state index contributed by atoms with van der Waals surface area (Å²) in [4.78, 5) is 0.179. The number of hydrogen-bond acceptors (Lipinski definition) is 4. The molecule has 0 bridgehead atoms. The fraction of sp³-hybridized carbons (Fsp3) is 0.556. The van der Waals surface area contributed by atoms with Gasteiger partial charge in [0.1, 0.15) is 4.90 Å². The molecule has 0 unspecified atom stereocenters. The minimum Gasteiger partial charge on any atom is -0.387 e. The topological polar surface area (TPSA) is 116 Å². The molecule has 1 aromatic heterocycles. The summed E-state index contributed by atoms with van der Waals surface area (Å²) in [7, 11) is -3.44. The Balaban J connectivity index is 2.09. The highest BCUT2D eigenvalue weighted by atomic mass is 32.2. The van der Waals surface area contributed by atoms with Crippen molar-refractivity contribution in [2.45, 2.75) is 17.7 Å². The first-order chi connectivity index (χ1) is 8.01. The van der Waals surface area contributed by atoms with E-state index in [1.165, 1.54) is 16.7 Å². The van der Waals surface area contributed by atoms with Gasteiger partial charge in [-0.3, -0.25) is 10.5 Å². The molecule has 0 saturated carbocycles. The monoisotopic (exact) mass is 257 g/mol. The number of piperidine rings is 1. The number of amidine groups is 1. The van der Waals surface area contributed by atoms with Crippen LogP contribution < -0.4 is 5.73 Å². The van der Waals surface area contributed by atoms with Crippen molar-refractivity contribution in [2.75, 3.05) is 13.1 Å². The lowest BCUT2D eigenvalue weighted by Gasteiger charge is -2.30. The Morgan fingerprint density at radius 3 is 2.65 bits per heavy atom. The Morgan fingerprint density at radius 2 is 2.18 bits per heavy atom. The van der Waals surface area contributed by atoms with Gasteiger partial charge < -0.3 is 5.73 Å². The summed E-state index contributed by atoms with van der Waals surface area (Å²) in [5, 5.41) is 13.5. The number of hydrogen-bond donors (Lipinski definition) is 3. The molecule has 1 fully saturated rings. The number of aromatic nitrogens is 2. The van der Waals surface area contributed by atoms with Gasteiger partial charge in [-0.15, -0.1) is 0 Å². The number of H-pyrrole nitrogens is 1. The van der Waals surface area contributed by atoms with Gasteiger partial charge in [0, 0.05) is 25.2 Å². The second-order valence-electron chi connectivity index (χ2n) is 4.07. The number of nitrogens with two attached hydrogens (primary N) is 1. The summed E-state index contributed by atoms with van der Waals surface area (Å²) < 4.78 is 25.6. The SMILES string of the molecule is N=C(N)C1CCN(S(=O)(=O)c2cn[nH]c2)CC1. The maximum atomic E-state index is 12.1. The van der Waals surface area contributed by atoms with Crippen LogP contribution in [0.15, 0.2) is 17.3 Å². The Morgan fingerprint density at radius 1 is 1.53 bits per heavy atom. The summed E-state index contributed by atoms with van der Waals surface area (Å²) >= 11 is 0. The summed E-state index contributed by atoms with van der Waals surface area (Å²) in [5.74, 6) is 0.149. The largest absolute Gasteiger partial charge is 0.387 e. The van der Waals surface area contributed by atoms with Gasteiger partial charge in [0.25, 0.3) is 0 Å². The summed E-state index contributed by atoms with van der Waals surface area (Å²) in [5.41, 5.74) is 5.42. The van der Waals surface area contributed by atoms with E-state index >= 15 is 0 Å². The molecule has 1 aliphatic heterocycles. The zero-order valence-electron chi connectivity index (χ0n) is 9.26. The molecule has 1 aliphatic rings. The highest BCUT2D eigenvalue weighted by molar-refractivity contribution is 7.89. The third kappa shape index (κ3) is 2.32. The molecule has 0 amide bonds.